The summed E-state index contributed by atoms with van der Waals surface area (Å²) in [5, 5.41) is 8.66. The zero-order chi connectivity index (χ0) is 12.1. The van der Waals surface area contributed by atoms with E-state index >= 15 is 0 Å². The number of hydrogen-bond donors (Lipinski definition) is 1. The van der Waals surface area contributed by atoms with Gasteiger partial charge in [-0.3, -0.25) is 4.98 Å². The lowest BCUT2D eigenvalue weighted by Crippen LogP contribution is -1.92. The second kappa shape index (κ2) is 13.1. The van der Waals surface area contributed by atoms with Crippen molar-refractivity contribution in [2.24, 2.45) is 0 Å². The second-order valence-electron chi connectivity index (χ2n) is 2.25. The Bertz CT molecular complexity index is 209. The summed E-state index contributed by atoms with van der Waals surface area (Å²) < 4.78 is 4.90. The SMILES string of the molecule is CC.CC.COCc1ccc(CO)nc1. The van der Waals surface area contributed by atoms with Crippen LogP contribution in [0.4, 0.5) is 0 Å². The molecule has 1 aromatic rings. The van der Waals surface area contributed by atoms with Crippen LogP contribution in [0.5, 0.6) is 0 Å². The Kier molecular flexibility index (Phi) is 14.4. The minimum Gasteiger partial charge on any atom is -0.390 e. The molecule has 0 aromatic carbocycles. The van der Waals surface area contributed by atoms with Gasteiger partial charge in [0.15, 0.2) is 0 Å². The van der Waals surface area contributed by atoms with Crippen molar-refractivity contribution in [1.82, 2.24) is 4.98 Å². The number of rotatable bonds is 3. The van der Waals surface area contributed by atoms with Gasteiger partial charge >= 0.3 is 0 Å². The molecule has 0 aliphatic heterocycles. The number of hydrogen-bond acceptors (Lipinski definition) is 3. The number of aromatic nitrogens is 1. The molecule has 0 amide bonds. The first-order valence-corrected chi connectivity index (χ1v) is 5.40. The minimum absolute atomic E-state index is 0.00668. The van der Waals surface area contributed by atoms with Gasteiger partial charge < -0.3 is 9.84 Å². The number of ether oxygens (including phenoxy) is 1. The third kappa shape index (κ3) is 8.09. The summed E-state index contributed by atoms with van der Waals surface area (Å²) in [5.41, 5.74) is 1.70. The molecule has 3 heteroatoms. The summed E-state index contributed by atoms with van der Waals surface area (Å²) in [6.45, 7) is 8.56. The first kappa shape index (κ1) is 16.5. The molecule has 0 saturated carbocycles. The lowest BCUT2D eigenvalue weighted by Gasteiger charge is -1.98. The van der Waals surface area contributed by atoms with Gasteiger partial charge in [0.05, 0.1) is 18.9 Å². The summed E-state index contributed by atoms with van der Waals surface area (Å²) >= 11 is 0. The standard InChI is InChI=1S/C8H11NO2.2C2H6/c1-11-6-7-2-3-8(5-10)9-4-7;2*1-2/h2-4,10H,5-6H2,1H3;2*1-2H3. The Labute approximate surface area is 93.1 Å². The number of methoxy groups -OCH3 is 1. The third-order valence-corrected chi connectivity index (χ3v) is 1.36. The van der Waals surface area contributed by atoms with Crippen molar-refractivity contribution in [3.05, 3.63) is 29.6 Å². The number of nitrogens with zero attached hydrogens (tertiary/aromatic N) is 1. The van der Waals surface area contributed by atoms with E-state index in [1.54, 1.807) is 19.4 Å². The van der Waals surface area contributed by atoms with Crippen LogP contribution in [0.2, 0.25) is 0 Å². The summed E-state index contributed by atoms with van der Waals surface area (Å²) in [6.07, 6.45) is 1.70. The predicted molar refractivity (Wildman–Crippen MR) is 63.6 cm³/mol. The quantitative estimate of drug-likeness (QED) is 0.839. The fraction of sp³-hybridized carbons (Fsp3) is 0.583. The maximum Gasteiger partial charge on any atom is 0.0852 e. The Morgan fingerprint density at radius 3 is 2.13 bits per heavy atom. The lowest BCUT2D eigenvalue weighted by molar-refractivity contribution is 0.184. The van der Waals surface area contributed by atoms with E-state index in [4.69, 9.17) is 9.84 Å². The molecule has 0 radical (unpaired) electrons. The van der Waals surface area contributed by atoms with Gasteiger partial charge in [0, 0.05) is 13.3 Å². The highest BCUT2D eigenvalue weighted by Crippen LogP contribution is 2.00. The molecule has 1 aromatic heterocycles. The van der Waals surface area contributed by atoms with Gasteiger partial charge in [0.1, 0.15) is 0 Å². The van der Waals surface area contributed by atoms with E-state index in [-0.39, 0.29) is 6.61 Å². The second-order valence-corrected chi connectivity index (χ2v) is 2.25. The summed E-state index contributed by atoms with van der Waals surface area (Å²) in [7, 11) is 1.64. The highest BCUT2D eigenvalue weighted by atomic mass is 16.5. The highest BCUT2D eigenvalue weighted by molar-refractivity contribution is 5.12. The van der Waals surface area contributed by atoms with E-state index < -0.39 is 0 Å². The molecule has 0 aliphatic carbocycles. The normalized spacial score (nSPS) is 8.13. The van der Waals surface area contributed by atoms with Crippen LogP contribution in [-0.2, 0) is 18.0 Å². The summed E-state index contributed by atoms with van der Waals surface area (Å²) in [6, 6.07) is 3.68. The third-order valence-electron chi connectivity index (χ3n) is 1.36. The van der Waals surface area contributed by atoms with Crippen LogP contribution >= 0.6 is 0 Å². The first-order chi connectivity index (χ1) is 7.36. The number of aliphatic hydroxyl groups is 1. The molecule has 0 aliphatic rings. The molecule has 15 heavy (non-hydrogen) atoms. The van der Waals surface area contributed by atoms with Gasteiger partial charge in [-0.05, 0) is 11.6 Å². The molecule has 0 saturated heterocycles. The Hall–Kier alpha value is -0.930. The van der Waals surface area contributed by atoms with Crippen LogP contribution in [0.3, 0.4) is 0 Å². The Morgan fingerprint density at radius 1 is 1.20 bits per heavy atom. The summed E-state index contributed by atoms with van der Waals surface area (Å²) in [5.74, 6) is 0. The monoisotopic (exact) mass is 213 g/mol. The van der Waals surface area contributed by atoms with E-state index in [2.05, 4.69) is 4.98 Å². The molecule has 0 fully saturated rings. The van der Waals surface area contributed by atoms with Crippen molar-refractivity contribution < 1.29 is 9.84 Å². The molecule has 3 nitrogen and oxygen atoms in total. The fourth-order valence-corrected chi connectivity index (χ4v) is 0.801. The van der Waals surface area contributed by atoms with E-state index in [1.807, 2.05) is 33.8 Å². The smallest absolute Gasteiger partial charge is 0.0852 e. The zero-order valence-electron chi connectivity index (χ0n) is 10.4. The van der Waals surface area contributed by atoms with Crippen molar-refractivity contribution in [3.63, 3.8) is 0 Å². The molecule has 1 N–H and O–H groups in total. The fourth-order valence-electron chi connectivity index (χ4n) is 0.801. The molecule has 0 bridgehead atoms. The van der Waals surface area contributed by atoms with Crippen LogP contribution in [0.15, 0.2) is 18.3 Å². The maximum absolute atomic E-state index is 8.66. The van der Waals surface area contributed by atoms with Crippen LogP contribution in [0.25, 0.3) is 0 Å². The van der Waals surface area contributed by atoms with Crippen LogP contribution in [0, 0.1) is 0 Å². The average molecular weight is 213 g/mol. The van der Waals surface area contributed by atoms with Crippen molar-refractivity contribution in [2.75, 3.05) is 7.11 Å². The van der Waals surface area contributed by atoms with Gasteiger partial charge in [0.2, 0.25) is 0 Å². The molecule has 0 spiro atoms. The molecule has 1 heterocycles. The lowest BCUT2D eigenvalue weighted by atomic mass is 10.3. The molecule has 88 valence electrons. The van der Waals surface area contributed by atoms with Gasteiger partial charge in [-0.1, -0.05) is 33.8 Å². The molecule has 1 rings (SSSR count). The van der Waals surface area contributed by atoms with Crippen molar-refractivity contribution >= 4 is 0 Å². The number of aliphatic hydroxyl groups excluding tert-OH is 1. The van der Waals surface area contributed by atoms with E-state index in [9.17, 15) is 0 Å². The van der Waals surface area contributed by atoms with Gasteiger partial charge in [-0.15, -0.1) is 0 Å². The van der Waals surface area contributed by atoms with Gasteiger partial charge in [-0.2, -0.15) is 0 Å². The van der Waals surface area contributed by atoms with Gasteiger partial charge in [0.25, 0.3) is 0 Å². The molecular weight excluding hydrogens is 190 g/mol. The topological polar surface area (TPSA) is 42.4 Å². The predicted octanol–water partition coefficient (Wildman–Crippen LogP) is 2.77. The first-order valence-electron chi connectivity index (χ1n) is 5.40. The minimum atomic E-state index is -0.00668. The van der Waals surface area contributed by atoms with Crippen molar-refractivity contribution in [1.29, 1.82) is 0 Å². The van der Waals surface area contributed by atoms with Gasteiger partial charge in [-0.25, -0.2) is 0 Å². The Morgan fingerprint density at radius 2 is 1.80 bits per heavy atom. The molecular formula is C12H23NO2. The van der Waals surface area contributed by atoms with Crippen molar-refractivity contribution in [2.45, 2.75) is 40.9 Å². The summed E-state index contributed by atoms with van der Waals surface area (Å²) in [4.78, 5) is 3.99. The van der Waals surface area contributed by atoms with E-state index in [0.717, 1.165) is 5.56 Å². The molecule has 0 atom stereocenters. The van der Waals surface area contributed by atoms with Crippen LogP contribution < -0.4 is 0 Å². The number of pyridine rings is 1. The van der Waals surface area contributed by atoms with Crippen LogP contribution in [0.1, 0.15) is 39.0 Å². The Balaban J connectivity index is 0. The van der Waals surface area contributed by atoms with Crippen LogP contribution in [-0.4, -0.2) is 17.2 Å². The molecule has 0 unspecified atom stereocenters. The van der Waals surface area contributed by atoms with Crippen molar-refractivity contribution in [3.8, 4) is 0 Å². The average Bonchev–Trinajstić information content (AvgIpc) is 2.36. The van der Waals surface area contributed by atoms with E-state index in [1.165, 1.54) is 0 Å². The highest BCUT2D eigenvalue weighted by Gasteiger charge is 1.92. The van der Waals surface area contributed by atoms with E-state index in [0.29, 0.717) is 12.3 Å². The zero-order valence-corrected chi connectivity index (χ0v) is 10.4. The maximum atomic E-state index is 8.66. The largest absolute Gasteiger partial charge is 0.390 e.